The molecule has 1 aromatic carbocycles. The van der Waals surface area contributed by atoms with Gasteiger partial charge in [0.1, 0.15) is 5.75 Å². The van der Waals surface area contributed by atoms with E-state index < -0.39 is 0 Å². The molecule has 1 atom stereocenters. The van der Waals surface area contributed by atoms with E-state index in [1.165, 1.54) is 0 Å². The fourth-order valence-electron chi connectivity index (χ4n) is 1.55. The van der Waals surface area contributed by atoms with E-state index in [2.05, 4.69) is 10.1 Å². The lowest BCUT2D eigenvalue weighted by atomic mass is 10.1. The van der Waals surface area contributed by atoms with Crippen molar-refractivity contribution in [3.8, 4) is 5.75 Å². The second-order valence-electron chi connectivity index (χ2n) is 3.99. The molecule has 6 heteroatoms. The minimum Gasteiger partial charge on any atom is -0.485 e. The number of ether oxygens (including phenoxy) is 1. The maximum Gasteiger partial charge on any atom is 0.223 e. The van der Waals surface area contributed by atoms with Crippen LogP contribution in [0, 0.1) is 6.92 Å². The van der Waals surface area contributed by atoms with Crippen LogP contribution in [0.15, 0.2) is 22.7 Å². The normalized spacial score (nSPS) is 12.4. The van der Waals surface area contributed by atoms with E-state index in [4.69, 9.17) is 26.6 Å². The molecule has 0 bridgehead atoms. The van der Waals surface area contributed by atoms with Gasteiger partial charge in [0.25, 0.3) is 0 Å². The number of aromatic nitrogens is 2. The molecule has 0 spiro atoms. The van der Waals surface area contributed by atoms with E-state index in [0.29, 0.717) is 22.5 Å². The number of halogens is 1. The van der Waals surface area contributed by atoms with Gasteiger partial charge in [-0.05, 0) is 25.1 Å². The first kappa shape index (κ1) is 12.9. The first-order valence-corrected chi connectivity index (χ1v) is 5.91. The molecule has 0 aliphatic heterocycles. The lowest BCUT2D eigenvalue weighted by molar-refractivity contribution is 0.282. The zero-order chi connectivity index (χ0) is 13.1. The van der Waals surface area contributed by atoms with Crippen LogP contribution in [-0.4, -0.2) is 10.1 Å². The average Bonchev–Trinajstić information content (AvgIpc) is 2.73. The molecule has 0 unspecified atom stereocenters. The number of hydrogen-bond donors (Lipinski definition) is 1. The molecule has 1 heterocycles. The Hall–Kier alpha value is -1.59. The summed E-state index contributed by atoms with van der Waals surface area (Å²) in [6.07, 6.45) is 0. The van der Waals surface area contributed by atoms with Gasteiger partial charge in [0, 0.05) is 23.6 Å². The predicted octanol–water partition coefficient (Wildman–Crippen LogP) is 2.63. The molecule has 0 radical (unpaired) electrons. The number of benzene rings is 1. The van der Waals surface area contributed by atoms with Crippen molar-refractivity contribution >= 4 is 11.6 Å². The molecule has 0 fully saturated rings. The van der Waals surface area contributed by atoms with Gasteiger partial charge in [0.15, 0.2) is 6.61 Å². The van der Waals surface area contributed by atoms with Crippen LogP contribution in [0.1, 0.15) is 30.2 Å². The smallest absolute Gasteiger partial charge is 0.223 e. The van der Waals surface area contributed by atoms with E-state index in [1.54, 1.807) is 25.1 Å². The summed E-state index contributed by atoms with van der Waals surface area (Å²) in [5.41, 5.74) is 6.72. The highest BCUT2D eigenvalue weighted by molar-refractivity contribution is 6.30. The minimum absolute atomic E-state index is 0.161. The first-order chi connectivity index (χ1) is 8.56. The van der Waals surface area contributed by atoms with E-state index in [0.717, 1.165) is 5.56 Å². The third-order valence-electron chi connectivity index (χ3n) is 2.39. The molecule has 0 saturated heterocycles. The van der Waals surface area contributed by atoms with Crippen LogP contribution >= 0.6 is 11.6 Å². The second kappa shape index (κ2) is 5.37. The topological polar surface area (TPSA) is 74.2 Å². The molecule has 2 aromatic rings. The summed E-state index contributed by atoms with van der Waals surface area (Å²) in [6.45, 7) is 3.84. The third kappa shape index (κ3) is 3.00. The maximum absolute atomic E-state index is 5.93. The fraction of sp³-hybridized carbons (Fsp3) is 0.333. The van der Waals surface area contributed by atoms with Gasteiger partial charge in [0.2, 0.25) is 11.7 Å². The molecule has 0 saturated carbocycles. The molecule has 5 nitrogen and oxygen atoms in total. The third-order valence-corrected chi connectivity index (χ3v) is 2.62. The summed E-state index contributed by atoms with van der Waals surface area (Å²) in [4.78, 5) is 4.06. The van der Waals surface area contributed by atoms with E-state index in [9.17, 15) is 0 Å². The Morgan fingerprint density at radius 3 is 2.89 bits per heavy atom. The Morgan fingerprint density at radius 2 is 2.28 bits per heavy atom. The standard InChI is InChI=1S/C12H14ClN3O2/c1-7(14)10-5-9(13)3-4-11(10)17-6-12-15-8(2)18-16-12/h3-5,7H,6,14H2,1-2H3/t7-/m1/s1. The van der Waals surface area contributed by atoms with Gasteiger partial charge in [0.05, 0.1) is 0 Å². The van der Waals surface area contributed by atoms with Gasteiger partial charge < -0.3 is 15.0 Å². The Kier molecular flexibility index (Phi) is 3.84. The number of aryl methyl sites for hydroxylation is 1. The van der Waals surface area contributed by atoms with Crippen LogP contribution < -0.4 is 10.5 Å². The summed E-state index contributed by atoms with van der Waals surface area (Å²) >= 11 is 5.93. The molecular weight excluding hydrogens is 254 g/mol. The number of nitrogens with zero attached hydrogens (tertiary/aromatic N) is 2. The van der Waals surface area contributed by atoms with Crippen LogP contribution in [0.5, 0.6) is 5.75 Å². The molecular formula is C12H14ClN3O2. The van der Waals surface area contributed by atoms with Gasteiger partial charge in [-0.15, -0.1) is 0 Å². The van der Waals surface area contributed by atoms with E-state index in [1.807, 2.05) is 6.92 Å². The predicted molar refractivity (Wildman–Crippen MR) is 67.4 cm³/mol. The van der Waals surface area contributed by atoms with Crippen LogP contribution in [0.25, 0.3) is 0 Å². The van der Waals surface area contributed by atoms with Crippen molar-refractivity contribution in [2.24, 2.45) is 5.73 Å². The average molecular weight is 268 g/mol. The van der Waals surface area contributed by atoms with Crippen LogP contribution in [0.2, 0.25) is 5.02 Å². The number of hydrogen-bond acceptors (Lipinski definition) is 5. The minimum atomic E-state index is -0.161. The zero-order valence-electron chi connectivity index (χ0n) is 10.2. The highest BCUT2D eigenvalue weighted by Gasteiger charge is 2.10. The quantitative estimate of drug-likeness (QED) is 0.922. The summed E-state index contributed by atoms with van der Waals surface area (Å²) in [7, 11) is 0. The Balaban J connectivity index is 2.13. The maximum atomic E-state index is 5.93. The second-order valence-corrected chi connectivity index (χ2v) is 4.43. The van der Waals surface area contributed by atoms with Crippen molar-refractivity contribution < 1.29 is 9.26 Å². The van der Waals surface area contributed by atoms with Crippen molar-refractivity contribution in [1.82, 2.24) is 10.1 Å². The molecule has 0 aliphatic carbocycles. The number of nitrogens with two attached hydrogens (primary N) is 1. The van der Waals surface area contributed by atoms with E-state index >= 15 is 0 Å². The SMILES string of the molecule is Cc1nc(COc2ccc(Cl)cc2[C@@H](C)N)no1. The molecule has 18 heavy (non-hydrogen) atoms. The molecule has 0 aliphatic rings. The van der Waals surface area contributed by atoms with Crippen molar-refractivity contribution in [3.63, 3.8) is 0 Å². The van der Waals surface area contributed by atoms with Gasteiger partial charge in [-0.1, -0.05) is 16.8 Å². The summed E-state index contributed by atoms with van der Waals surface area (Å²) in [5.74, 6) is 1.69. The van der Waals surface area contributed by atoms with Crippen molar-refractivity contribution in [1.29, 1.82) is 0 Å². The van der Waals surface area contributed by atoms with Gasteiger partial charge >= 0.3 is 0 Å². The largest absolute Gasteiger partial charge is 0.485 e. The molecule has 1 aromatic heterocycles. The summed E-state index contributed by atoms with van der Waals surface area (Å²) in [5, 5.41) is 4.38. The van der Waals surface area contributed by atoms with Crippen molar-refractivity contribution in [2.75, 3.05) is 0 Å². The molecule has 2 rings (SSSR count). The van der Waals surface area contributed by atoms with Gasteiger partial charge in [-0.3, -0.25) is 0 Å². The first-order valence-electron chi connectivity index (χ1n) is 5.53. The molecule has 96 valence electrons. The monoisotopic (exact) mass is 267 g/mol. The Morgan fingerprint density at radius 1 is 1.50 bits per heavy atom. The highest BCUT2D eigenvalue weighted by atomic mass is 35.5. The Labute approximate surface area is 110 Å². The van der Waals surface area contributed by atoms with Gasteiger partial charge in [-0.2, -0.15) is 4.98 Å². The van der Waals surface area contributed by atoms with E-state index in [-0.39, 0.29) is 12.6 Å². The van der Waals surface area contributed by atoms with Crippen LogP contribution in [0.4, 0.5) is 0 Å². The Bertz CT molecular complexity index is 540. The summed E-state index contributed by atoms with van der Waals surface area (Å²) < 4.78 is 10.5. The van der Waals surface area contributed by atoms with Crippen LogP contribution in [-0.2, 0) is 6.61 Å². The highest BCUT2D eigenvalue weighted by Crippen LogP contribution is 2.27. The lowest BCUT2D eigenvalue weighted by Gasteiger charge is -2.13. The molecule has 0 amide bonds. The van der Waals surface area contributed by atoms with Gasteiger partial charge in [-0.25, -0.2) is 0 Å². The van der Waals surface area contributed by atoms with Crippen molar-refractivity contribution in [3.05, 3.63) is 40.5 Å². The van der Waals surface area contributed by atoms with Crippen LogP contribution in [0.3, 0.4) is 0 Å². The fourth-order valence-corrected chi connectivity index (χ4v) is 1.73. The van der Waals surface area contributed by atoms with Crippen molar-refractivity contribution in [2.45, 2.75) is 26.5 Å². The lowest BCUT2D eigenvalue weighted by Crippen LogP contribution is -2.08. The zero-order valence-corrected chi connectivity index (χ0v) is 10.9. The number of rotatable bonds is 4. The summed E-state index contributed by atoms with van der Waals surface area (Å²) in [6, 6.07) is 5.17. The molecule has 2 N–H and O–H groups in total.